The van der Waals surface area contributed by atoms with Crippen molar-refractivity contribution in [1.82, 2.24) is 5.32 Å². The summed E-state index contributed by atoms with van der Waals surface area (Å²) in [5.74, 6) is -10.8. The molecule has 0 aliphatic heterocycles. The Morgan fingerprint density at radius 3 is 1.53 bits per heavy atom. The Morgan fingerprint density at radius 2 is 1.26 bits per heavy atom. The molecule has 11 nitrogen and oxygen atoms in total. The second-order valence-corrected chi connectivity index (χ2v) is 14.7. The van der Waals surface area contributed by atoms with Crippen LogP contribution >= 0.6 is 12.4 Å². The lowest BCUT2D eigenvalue weighted by Gasteiger charge is -2.46. The first-order valence-electron chi connectivity index (χ1n) is 16.8. The van der Waals surface area contributed by atoms with E-state index < -0.39 is 115 Å². The van der Waals surface area contributed by atoms with Gasteiger partial charge in [0.1, 0.15) is 11.9 Å². The van der Waals surface area contributed by atoms with Gasteiger partial charge in [-0.05, 0) is 30.2 Å². The van der Waals surface area contributed by atoms with Gasteiger partial charge in [0.25, 0.3) is 5.92 Å². The maximum absolute atomic E-state index is 13.0. The molecule has 3 atom stereocenters. The van der Waals surface area contributed by atoms with Gasteiger partial charge in [0.05, 0.1) is 12.6 Å². The molecule has 28 heteroatoms. The summed E-state index contributed by atoms with van der Waals surface area (Å²) in [4.78, 5) is 32.6. The highest BCUT2D eigenvalue weighted by molar-refractivity contribution is 7.81. The summed E-state index contributed by atoms with van der Waals surface area (Å²) in [7, 11) is 33.2. The number of hydrogen-bond acceptors (Lipinski definition) is 8. The number of ether oxygens (including phenoxy) is 1. The quantitative estimate of drug-likeness (QED) is 0.113. The largest absolute Gasteiger partial charge is 0.497 e. The fraction of sp³-hybridized carbons (Fsp3) is 0.700. The average molecular weight is 834 g/mol. The standard InChI is InChI=1S/C16H21F2NO3.C7H10F2O3.C6H10F2N2O2.CH4.B7.B3.ClH/c1-10-6-12(22-3)5-4-11(10)7-19-14(21)13(20)15(2)8-16(17,18)9-15;1-6(4(10)5(11)12)2-7(8,9)3-6;7-6(8)1-5(10,2-6)3(11)4(9)12;;1-5-7(4)6(2)3;1-3-2;/h4-6,13,20H,7-9H2,1-3H3,(H,19,21);4,10H,2-3H2,1H3,(H,11,12);3,11H,1-2,10H2,(H2,9,12);1H4;;;1H. The number of rotatable bonds is 11. The van der Waals surface area contributed by atoms with Crippen molar-refractivity contribution in [2.24, 2.45) is 22.3 Å². The molecule has 1 aromatic rings. The molecule has 9 N–H and O–H groups in total. The van der Waals surface area contributed by atoms with Gasteiger partial charge in [0, 0.05) is 129 Å². The van der Waals surface area contributed by atoms with Crippen molar-refractivity contribution in [3.8, 4) is 5.75 Å². The summed E-state index contributed by atoms with van der Waals surface area (Å²) in [6, 6.07) is 5.43. The second-order valence-electron chi connectivity index (χ2n) is 14.7. The Labute approximate surface area is 353 Å². The van der Waals surface area contributed by atoms with Gasteiger partial charge < -0.3 is 41.9 Å². The molecule has 0 aromatic heterocycles. The topological polar surface area (TPSA) is 205 Å². The SMILES string of the molecule is C.CC1(C(O)C(=O)O)CC(F)(F)C1.COc1ccc(CNC(=O)C(O)C2(C)CC(F)(F)C2)c(C)c1.Cl.NC(=O)C(O)C1(N)CC(F)(F)C1.[B][B]B([B])B([B])[B].[B][B][B]. The van der Waals surface area contributed by atoms with Gasteiger partial charge in [-0.3, -0.25) is 9.59 Å². The Morgan fingerprint density at radius 1 is 0.862 bits per heavy atom. The van der Waals surface area contributed by atoms with Crippen molar-refractivity contribution in [2.45, 2.75) is 115 Å². The molecular weight excluding hydrogens is 788 g/mol. The zero-order valence-corrected chi connectivity index (χ0v) is 32.8. The van der Waals surface area contributed by atoms with Gasteiger partial charge in [-0.25, -0.2) is 31.1 Å². The number of carboxylic acids is 1. The normalized spacial score (nSPS) is 20.0. The van der Waals surface area contributed by atoms with Gasteiger partial charge in [-0.1, -0.05) is 27.3 Å². The number of aliphatic hydroxyl groups is 3. The number of carbonyl (C=O) groups excluding carboxylic acids is 2. The van der Waals surface area contributed by atoms with Crippen molar-refractivity contribution in [3.05, 3.63) is 29.3 Å². The summed E-state index contributed by atoms with van der Waals surface area (Å²) in [6.45, 7) is 4.98. The van der Waals surface area contributed by atoms with E-state index in [0.717, 1.165) is 23.9 Å². The molecule has 0 bridgehead atoms. The molecule has 1 aromatic carbocycles. The molecule has 4 rings (SSSR count). The van der Waals surface area contributed by atoms with Crippen LogP contribution in [0, 0.1) is 17.8 Å². The van der Waals surface area contributed by atoms with Crippen LogP contribution in [0.4, 0.5) is 26.3 Å². The van der Waals surface area contributed by atoms with Gasteiger partial charge in [-0.2, -0.15) is 0 Å². The van der Waals surface area contributed by atoms with Crippen molar-refractivity contribution in [1.29, 1.82) is 0 Å². The molecule has 3 saturated carbocycles. The third-order valence-corrected chi connectivity index (χ3v) is 9.11. The molecule has 3 aliphatic rings. The van der Waals surface area contributed by atoms with E-state index in [-0.39, 0.29) is 32.8 Å². The number of alkyl halides is 6. The predicted octanol–water partition coefficient (Wildman–Crippen LogP) is -0.507. The molecule has 3 aliphatic carbocycles. The molecule has 2 amide bonds. The minimum absolute atomic E-state index is 0. The Bertz CT molecular complexity index is 1400. The lowest BCUT2D eigenvalue weighted by atomic mass is 8.76. The highest BCUT2D eigenvalue weighted by atomic mass is 35.5. The monoisotopic (exact) mass is 835 g/mol. The fourth-order valence-electron chi connectivity index (χ4n) is 6.05. The van der Waals surface area contributed by atoms with E-state index in [4.69, 9.17) is 62.5 Å². The number of aryl methyl sites for hydroxylation is 1. The highest BCUT2D eigenvalue weighted by Crippen LogP contribution is 2.54. The number of hydrogen-bond donors (Lipinski definition) is 7. The van der Waals surface area contributed by atoms with Gasteiger partial charge in [-0.15, -0.1) is 12.4 Å². The Balaban J connectivity index is -0.000000723. The first kappa shape index (κ1) is 60.1. The minimum Gasteiger partial charge on any atom is -0.497 e. The lowest BCUT2D eigenvalue weighted by Crippen LogP contribution is -2.67. The van der Waals surface area contributed by atoms with Gasteiger partial charge in [0.2, 0.25) is 23.7 Å². The number of amides is 2. The van der Waals surface area contributed by atoms with Crippen LogP contribution in [0.1, 0.15) is 70.9 Å². The number of methoxy groups -OCH3 is 1. The van der Waals surface area contributed by atoms with Crippen LogP contribution in [0.25, 0.3) is 0 Å². The van der Waals surface area contributed by atoms with Crippen molar-refractivity contribution in [3.63, 3.8) is 0 Å². The number of carbonyl (C=O) groups is 3. The summed E-state index contributed by atoms with van der Waals surface area (Å²) in [6.07, 6.45) is -9.12. The lowest BCUT2D eigenvalue weighted by molar-refractivity contribution is -0.202. The molecule has 0 heterocycles. The van der Waals surface area contributed by atoms with Gasteiger partial charge in [0.15, 0.2) is 12.2 Å². The van der Waals surface area contributed by atoms with Crippen LogP contribution in [0.3, 0.4) is 0 Å². The Hall–Kier alpha value is -2.21. The van der Waals surface area contributed by atoms with E-state index in [1.807, 2.05) is 19.1 Å². The number of aliphatic carboxylic acids is 1. The number of aliphatic hydroxyl groups excluding tert-OH is 3. The van der Waals surface area contributed by atoms with E-state index in [1.54, 1.807) is 13.2 Å². The number of nitrogens with one attached hydrogen (secondary N) is 1. The number of halogens is 7. The van der Waals surface area contributed by atoms with Crippen LogP contribution in [-0.4, -0.2) is 160 Å². The predicted molar refractivity (Wildman–Crippen MR) is 222 cm³/mol. The molecule has 0 spiro atoms. The van der Waals surface area contributed by atoms with E-state index in [9.17, 15) is 45.8 Å². The minimum atomic E-state index is -2.87. The first-order chi connectivity index (χ1) is 25.3. The maximum atomic E-state index is 13.0. The summed E-state index contributed by atoms with van der Waals surface area (Å²) in [5.41, 5.74) is 8.08. The van der Waals surface area contributed by atoms with Crippen LogP contribution in [0.15, 0.2) is 18.2 Å². The van der Waals surface area contributed by atoms with Crippen LogP contribution in [0.2, 0.25) is 0 Å². The van der Waals surface area contributed by atoms with Gasteiger partial charge >= 0.3 is 5.97 Å². The molecule has 308 valence electrons. The maximum Gasteiger partial charge on any atom is 0.333 e. The smallest absolute Gasteiger partial charge is 0.333 e. The molecule has 14 radical (unpaired) electrons. The number of nitrogens with two attached hydrogens (primary N) is 2. The zero-order chi connectivity index (χ0) is 44.3. The highest BCUT2D eigenvalue weighted by Gasteiger charge is 2.60. The summed E-state index contributed by atoms with van der Waals surface area (Å²) in [5, 5.41) is 39.0. The van der Waals surface area contributed by atoms with E-state index in [2.05, 4.69) is 20.8 Å². The molecule has 58 heavy (non-hydrogen) atoms. The number of benzene rings is 1. The zero-order valence-electron chi connectivity index (χ0n) is 31.9. The Kier molecular flexibility index (Phi) is 25.2. The van der Waals surface area contributed by atoms with Crippen molar-refractivity contribution in [2.75, 3.05) is 7.11 Å². The molecular formula is C30H46B10ClF6N3O8. The second kappa shape index (κ2) is 24.3. The summed E-state index contributed by atoms with van der Waals surface area (Å²) >= 11 is 0. The van der Waals surface area contributed by atoms with Crippen molar-refractivity contribution >= 4 is 104 Å². The van der Waals surface area contributed by atoms with E-state index >= 15 is 0 Å². The number of carboxylic acid groups (broad SMARTS) is 1. The molecule has 3 unspecified atom stereocenters. The first-order valence-corrected chi connectivity index (χ1v) is 16.8. The average Bonchev–Trinajstić information content (AvgIpc) is 3.04. The number of primary amides is 1. The third kappa shape index (κ3) is 18.6. The molecule has 0 saturated heterocycles. The van der Waals surface area contributed by atoms with E-state index in [1.165, 1.54) is 20.9 Å². The third-order valence-electron chi connectivity index (χ3n) is 9.11. The summed E-state index contributed by atoms with van der Waals surface area (Å²) < 4.78 is 80.4. The molecule has 3 fully saturated rings. The fourth-order valence-corrected chi connectivity index (χ4v) is 6.05. The van der Waals surface area contributed by atoms with Crippen LogP contribution in [-0.2, 0) is 20.9 Å². The van der Waals surface area contributed by atoms with Crippen LogP contribution in [0.5, 0.6) is 5.75 Å². The van der Waals surface area contributed by atoms with E-state index in [0.29, 0.717) is 0 Å². The van der Waals surface area contributed by atoms with Crippen LogP contribution < -0.4 is 21.5 Å². The van der Waals surface area contributed by atoms with Crippen molar-refractivity contribution < 1.29 is 65.9 Å².